The van der Waals surface area contributed by atoms with Crippen LogP contribution in [0.25, 0.3) is 11.1 Å². The lowest BCUT2D eigenvalue weighted by molar-refractivity contribution is 0.0679. The van der Waals surface area contributed by atoms with Gasteiger partial charge in [0, 0.05) is 5.56 Å². The van der Waals surface area contributed by atoms with Gasteiger partial charge in [-0.05, 0) is 59.9 Å². The van der Waals surface area contributed by atoms with Crippen LogP contribution >= 0.6 is 0 Å². The van der Waals surface area contributed by atoms with Gasteiger partial charge in [0.05, 0.1) is 11.1 Å². The predicted octanol–water partition coefficient (Wildman–Crippen LogP) is 7.31. The molecule has 0 spiro atoms. The highest BCUT2D eigenvalue weighted by Crippen LogP contribution is 2.43. The molecule has 0 atom stereocenters. The summed E-state index contributed by atoms with van der Waals surface area (Å²) in [5, 5.41) is 0. The van der Waals surface area contributed by atoms with Crippen molar-refractivity contribution in [2.24, 2.45) is 0 Å². The molecule has 0 unspecified atom stereocenters. The monoisotopic (exact) mass is 464 g/mol. The van der Waals surface area contributed by atoms with Crippen LogP contribution in [0.15, 0.2) is 97.1 Å². The molecule has 0 bridgehead atoms. The maximum absolute atomic E-state index is 13.2. The zero-order chi connectivity index (χ0) is 24.6. The van der Waals surface area contributed by atoms with Crippen LogP contribution in [0.4, 0.5) is 0 Å². The summed E-state index contributed by atoms with van der Waals surface area (Å²) in [5.41, 5.74) is 4.49. The minimum absolute atomic E-state index is 0.300. The number of hydrogen-bond acceptors (Lipinski definition) is 4. The molecule has 4 aromatic carbocycles. The van der Waals surface area contributed by atoms with Gasteiger partial charge < -0.3 is 9.47 Å². The molecular weight excluding hydrogens is 436 g/mol. The number of carbonyl (C=O) groups excluding carboxylic acids is 2. The zero-order valence-electron chi connectivity index (χ0n) is 20.0. The molecule has 0 aliphatic carbocycles. The average Bonchev–Trinajstić information content (AvgIpc) is 2.92. The summed E-state index contributed by atoms with van der Waals surface area (Å²) < 4.78 is 12.0. The van der Waals surface area contributed by atoms with Crippen LogP contribution in [0, 0.1) is 0 Å². The Bertz CT molecular complexity index is 1300. The minimum Gasteiger partial charge on any atom is -0.419 e. The quantitative estimate of drug-likeness (QED) is 0.203. The van der Waals surface area contributed by atoms with E-state index in [0.29, 0.717) is 35.5 Å². The molecule has 4 nitrogen and oxygen atoms in total. The van der Waals surface area contributed by atoms with Crippen molar-refractivity contribution in [3.8, 4) is 22.6 Å². The van der Waals surface area contributed by atoms with E-state index in [1.165, 1.54) is 0 Å². The molecule has 176 valence electrons. The lowest BCUT2D eigenvalue weighted by Gasteiger charge is -2.21. The Balaban J connectivity index is 1.89. The average molecular weight is 465 g/mol. The topological polar surface area (TPSA) is 52.6 Å². The van der Waals surface area contributed by atoms with Crippen LogP contribution in [0.2, 0.25) is 0 Å². The summed E-state index contributed by atoms with van der Waals surface area (Å²) >= 11 is 0. The highest BCUT2D eigenvalue weighted by atomic mass is 16.6. The van der Waals surface area contributed by atoms with Crippen LogP contribution in [-0.4, -0.2) is 11.9 Å². The van der Waals surface area contributed by atoms with Crippen LogP contribution in [-0.2, 0) is 12.8 Å². The summed E-state index contributed by atoms with van der Waals surface area (Å²) in [6.07, 6.45) is 2.08. The molecule has 4 heteroatoms. The van der Waals surface area contributed by atoms with E-state index in [-0.39, 0.29) is 0 Å². The van der Waals surface area contributed by atoms with Gasteiger partial charge in [0.25, 0.3) is 0 Å². The molecule has 0 aliphatic heterocycles. The van der Waals surface area contributed by atoms with Crippen LogP contribution in [0.1, 0.15) is 52.1 Å². The van der Waals surface area contributed by atoms with Crippen molar-refractivity contribution in [1.82, 2.24) is 0 Å². The fourth-order valence-corrected chi connectivity index (χ4v) is 4.04. The molecule has 0 radical (unpaired) electrons. The molecule has 0 amide bonds. The van der Waals surface area contributed by atoms with E-state index in [0.717, 1.165) is 28.7 Å². The number of benzene rings is 4. The van der Waals surface area contributed by atoms with E-state index >= 15 is 0 Å². The Hall–Kier alpha value is -4.18. The van der Waals surface area contributed by atoms with Gasteiger partial charge in [-0.15, -0.1) is 0 Å². The normalized spacial score (nSPS) is 10.6. The van der Waals surface area contributed by atoms with Crippen molar-refractivity contribution in [2.75, 3.05) is 0 Å². The maximum atomic E-state index is 13.2. The molecule has 0 saturated heterocycles. The fraction of sp³-hybridized carbons (Fsp3) is 0.161. The van der Waals surface area contributed by atoms with Crippen LogP contribution < -0.4 is 9.47 Å². The van der Waals surface area contributed by atoms with E-state index in [2.05, 4.69) is 6.92 Å². The smallest absolute Gasteiger partial charge is 0.343 e. The number of aryl methyl sites for hydroxylation is 1. The largest absolute Gasteiger partial charge is 0.419 e. The fourth-order valence-electron chi connectivity index (χ4n) is 4.04. The van der Waals surface area contributed by atoms with Crippen LogP contribution in [0.5, 0.6) is 11.5 Å². The number of rotatable bonds is 8. The Morgan fingerprint density at radius 2 is 1.14 bits per heavy atom. The molecule has 4 aromatic rings. The number of hydrogen-bond donors (Lipinski definition) is 0. The summed E-state index contributed by atoms with van der Waals surface area (Å²) in [5.74, 6) is -0.378. The molecule has 0 aromatic heterocycles. The van der Waals surface area contributed by atoms with Gasteiger partial charge in [-0.2, -0.15) is 0 Å². The molecule has 35 heavy (non-hydrogen) atoms. The van der Waals surface area contributed by atoms with Crippen LogP contribution in [0.3, 0.4) is 0 Å². The molecule has 0 N–H and O–H groups in total. The Morgan fingerprint density at radius 3 is 1.63 bits per heavy atom. The van der Waals surface area contributed by atoms with Crippen molar-refractivity contribution in [2.45, 2.75) is 33.1 Å². The molecule has 0 aliphatic rings. The van der Waals surface area contributed by atoms with Gasteiger partial charge >= 0.3 is 11.9 Å². The summed E-state index contributed by atoms with van der Waals surface area (Å²) in [6, 6.07) is 29.7. The molecule has 0 saturated carbocycles. The van der Waals surface area contributed by atoms with Crippen molar-refractivity contribution < 1.29 is 19.1 Å². The summed E-state index contributed by atoms with van der Waals surface area (Å²) in [7, 11) is 0. The lowest BCUT2D eigenvalue weighted by atomic mass is 9.92. The van der Waals surface area contributed by atoms with Crippen molar-refractivity contribution in [3.63, 3.8) is 0 Å². The number of carbonyl (C=O) groups is 2. The van der Waals surface area contributed by atoms with Gasteiger partial charge in [0.15, 0.2) is 11.5 Å². The minimum atomic E-state index is -0.493. The third-order valence-corrected chi connectivity index (χ3v) is 5.79. The first-order valence-electron chi connectivity index (χ1n) is 11.9. The van der Waals surface area contributed by atoms with E-state index in [1.54, 1.807) is 48.5 Å². The summed E-state index contributed by atoms with van der Waals surface area (Å²) in [4.78, 5) is 26.2. The molecule has 4 rings (SSSR count). The Labute approximate surface area is 206 Å². The third-order valence-electron chi connectivity index (χ3n) is 5.79. The van der Waals surface area contributed by atoms with E-state index in [9.17, 15) is 9.59 Å². The van der Waals surface area contributed by atoms with Crippen molar-refractivity contribution in [3.05, 3.63) is 119 Å². The van der Waals surface area contributed by atoms with Gasteiger partial charge in [0.1, 0.15) is 0 Å². The first-order valence-corrected chi connectivity index (χ1v) is 11.9. The SMILES string of the molecule is CCCc1c(-c2ccccc2)cc(CC)c(OC(=O)c2ccccc2)c1OC(=O)c1ccccc1. The van der Waals surface area contributed by atoms with E-state index in [1.807, 2.05) is 55.5 Å². The highest BCUT2D eigenvalue weighted by molar-refractivity contribution is 5.94. The van der Waals surface area contributed by atoms with Gasteiger partial charge in [-0.1, -0.05) is 87.0 Å². The van der Waals surface area contributed by atoms with Gasteiger partial charge in [0.2, 0.25) is 0 Å². The number of ether oxygens (including phenoxy) is 2. The van der Waals surface area contributed by atoms with Crippen molar-refractivity contribution >= 4 is 11.9 Å². The molecule has 0 heterocycles. The maximum Gasteiger partial charge on any atom is 0.343 e. The molecular formula is C31H28O4. The van der Waals surface area contributed by atoms with Gasteiger partial charge in [-0.3, -0.25) is 0 Å². The van der Waals surface area contributed by atoms with Crippen molar-refractivity contribution in [1.29, 1.82) is 0 Å². The lowest BCUT2D eigenvalue weighted by Crippen LogP contribution is -2.16. The second kappa shape index (κ2) is 11.3. The highest BCUT2D eigenvalue weighted by Gasteiger charge is 2.25. The Morgan fingerprint density at radius 1 is 0.657 bits per heavy atom. The van der Waals surface area contributed by atoms with E-state index < -0.39 is 11.9 Å². The van der Waals surface area contributed by atoms with E-state index in [4.69, 9.17) is 9.47 Å². The standard InChI is InChI=1S/C31H28O4/c1-3-14-26-27(23-15-8-5-9-16-23)21-22(4-2)28(34-30(32)24-17-10-6-11-18-24)29(26)35-31(33)25-19-12-7-13-20-25/h5-13,15-21H,3-4,14H2,1-2H3. The van der Waals surface area contributed by atoms with Gasteiger partial charge in [-0.25, -0.2) is 9.59 Å². The third kappa shape index (κ3) is 5.49. The second-order valence-electron chi connectivity index (χ2n) is 8.20. The summed E-state index contributed by atoms with van der Waals surface area (Å²) in [6.45, 7) is 4.06. The zero-order valence-corrected chi connectivity index (χ0v) is 20.0. The first kappa shape index (κ1) is 24.0. The molecule has 0 fully saturated rings. The number of esters is 2. The predicted molar refractivity (Wildman–Crippen MR) is 138 cm³/mol. The Kier molecular flexibility index (Phi) is 7.74. The second-order valence-corrected chi connectivity index (χ2v) is 8.20. The first-order chi connectivity index (χ1) is 17.1.